The number of aliphatic hydroxyl groups excluding tert-OH is 1. The molecule has 2 N–H and O–H groups in total. The molecule has 0 saturated carbocycles. The second-order valence-corrected chi connectivity index (χ2v) is 4.96. The number of hydrogen-bond acceptors (Lipinski definition) is 3. The van der Waals surface area contributed by atoms with Crippen molar-refractivity contribution in [2.75, 3.05) is 6.61 Å². The standard InChI is InChI=1S/C16H22N2O2/c1-4-16(3,5-2)18-15(20)14-10-13(11-17-12-14)8-6-7-9-19/h10-12,19H,4-5,7,9H2,1-3H3,(H,18,20). The van der Waals surface area contributed by atoms with Gasteiger partial charge in [0, 0.05) is 29.9 Å². The van der Waals surface area contributed by atoms with Gasteiger partial charge in [0.2, 0.25) is 0 Å². The molecule has 0 spiro atoms. The predicted octanol–water partition coefficient (Wildman–Crippen LogP) is 2.12. The Bertz CT molecular complexity index is 511. The van der Waals surface area contributed by atoms with E-state index in [0.717, 1.165) is 12.8 Å². The summed E-state index contributed by atoms with van der Waals surface area (Å²) in [6.45, 7) is 6.17. The van der Waals surface area contributed by atoms with E-state index >= 15 is 0 Å². The van der Waals surface area contributed by atoms with Crippen LogP contribution in [0.1, 0.15) is 56.0 Å². The van der Waals surface area contributed by atoms with Crippen LogP contribution in [0.4, 0.5) is 0 Å². The van der Waals surface area contributed by atoms with Gasteiger partial charge in [-0.05, 0) is 25.8 Å². The molecule has 0 saturated heterocycles. The number of amides is 1. The van der Waals surface area contributed by atoms with Crippen molar-refractivity contribution in [3.63, 3.8) is 0 Å². The molecule has 4 heteroatoms. The van der Waals surface area contributed by atoms with Crippen molar-refractivity contribution in [2.24, 2.45) is 0 Å². The number of carbonyl (C=O) groups excluding carboxylic acids is 1. The lowest BCUT2D eigenvalue weighted by molar-refractivity contribution is 0.0900. The first-order chi connectivity index (χ1) is 9.54. The van der Waals surface area contributed by atoms with Crippen LogP contribution in [0.15, 0.2) is 18.5 Å². The second kappa shape index (κ2) is 7.66. The van der Waals surface area contributed by atoms with E-state index in [1.807, 2.05) is 6.92 Å². The minimum absolute atomic E-state index is 0.0337. The lowest BCUT2D eigenvalue weighted by atomic mass is 9.95. The number of pyridine rings is 1. The van der Waals surface area contributed by atoms with Crippen LogP contribution in [0, 0.1) is 11.8 Å². The van der Waals surface area contributed by atoms with Crippen molar-refractivity contribution >= 4 is 5.91 Å². The Labute approximate surface area is 120 Å². The maximum atomic E-state index is 12.2. The van der Waals surface area contributed by atoms with E-state index in [1.54, 1.807) is 12.3 Å². The first-order valence-electron chi connectivity index (χ1n) is 6.92. The topological polar surface area (TPSA) is 62.2 Å². The molecule has 1 amide bonds. The fourth-order valence-electron chi connectivity index (χ4n) is 1.63. The van der Waals surface area contributed by atoms with Gasteiger partial charge in [-0.2, -0.15) is 0 Å². The molecule has 1 rings (SSSR count). The van der Waals surface area contributed by atoms with E-state index in [4.69, 9.17) is 5.11 Å². The van der Waals surface area contributed by atoms with Gasteiger partial charge in [0.15, 0.2) is 0 Å². The van der Waals surface area contributed by atoms with Crippen molar-refractivity contribution in [1.82, 2.24) is 10.3 Å². The maximum absolute atomic E-state index is 12.2. The van der Waals surface area contributed by atoms with Crippen molar-refractivity contribution < 1.29 is 9.90 Å². The Morgan fingerprint density at radius 1 is 1.40 bits per heavy atom. The molecule has 1 aromatic heterocycles. The van der Waals surface area contributed by atoms with Crippen LogP contribution < -0.4 is 5.32 Å². The predicted molar refractivity (Wildman–Crippen MR) is 79.3 cm³/mol. The lowest BCUT2D eigenvalue weighted by Gasteiger charge is -2.28. The van der Waals surface area contributed by atoms with Gasteiger partial charge in [0.05, 0.1) is 12.2 Å². The van der Waals surface area contributed by atoms with Crippen LogP contribution in [0.2, 0.25) is 0 Å². The van der Waals surface area contributed by atoms with Gasteiger partial charge in [0.1, 0.15) is 0 Å². The first kappa shape index (κ1) is 16.2. The smallest absolute Gasteiger partial charge is 0.253 e. The van der Waals surface area contributed by atoms with E-state index in [2.05, 4.69) is 36.0 Å². The molecule has 0 aliphatic heterocycles. The fourth-order valence-corrected chi connectivity index (χ4v) is 1.63. The Balaban J connectivity index is 2.84. The molecule has 0 aromatic carbocycles. The van der Waals surface area contributed by atoms with E-state index in [-0.39, 0.29) is 18.1 Å². The zero-order chi connectivity index (χ0) is 15.0. The molecule has 0 atom stereocenters. The summed E-state index contributed by atoms with van der Waals surface area (Å²) in [4.78, 5) is 16.3. The van der Waals surface area contributed by atoms with E-state index in [1.165, 1.54) is 6.20 Å². The molecule has 1 aromatic rings. The summed E-state index contributed by atoms with van der Waals surface area (Å²) in [5, 5.41) is 11.7. The van der Waals surface area contributed by atoms with Gasteiger partial charge < -0.3 is 10.4 Å². The highest BCUT2D eigenvalue weighted by molar-refractivity contribution is 5.94. The molecule has 0 radical (unpaired) electrons. The Morgan fingerprint density at radius 2 is 2.10 bits per heavy atom. The van der Waals surface area contributed by atoms with Gasteiger partial charge in [-0.3, -0.25) is 9.78 Å². The molecular weight excluding hydrogens is 252 g/mol. The molecule has 108 valence electrons. The third-order valence-electron chi connectivity index (χ3n) is 3.45. The van der Waals surface area contributed by atoms with E-state index in [9.17, 15) is 4.79 Å². The van der Waals surface area contributed by atoms with Gasteiger partial charge in [-0.25, -0.2) is 0 Å². The zero-order valence-electron chi connectivity index (χ0n) is 12.4. The minimum Gasteiger partial charge on any atom is -0.395 e. The number of aliphatic hydroxyl groups is 1. The van der Waals surface area contributed by atoms with Gasteiger partial charge in [0.25, 0.3) is 5.91 Å². The number of carbonyl (C=O) groups is 1. The number of aromatic nitrogens is 1. The Morgan fingerprint density at radius 3 is 2.70 bits per heavy atom. The van der Waals surface area contributed by atoms with Crippen molar-refractivity contribution in [1.29, 1.82) is 0 Å². The first-order valence-corrected chi connectivity index (χ1v) is 6.92. The maximum Gasteiger partial charge on any atom is 0.253 e. The molecule has 0 bridgehead atoms. The summed E-state index contributed by atoms with van der Waals surface area (Å²) < 4.78 is 0. The third kappa shape index (κ3) is 4.67. The van der Waals surface area contributed by atoms with Gasteiger partial charge in [-0.1, -0.05) is 25.7 Å². The highest BCUT2D eigenvalue weighted by Crippen LogP contribution is 2.14. The van der Waals surface area contributed by atoms with Crippen molar-refractivity contribution in [3.05, 3.63) is 29.6 Å². The van der Waals surface area contributed by atoms with E-state index < -0.39 is 0 Å². The van der Waals surface area contributed by atoms with Crippen LogP contribution in [0.5, 0.6) is 0 Å². The van der Waals surface area contributed by atoms with Gasteiger partial charge >= 0.3 is 0 Å². The molecule has 20 heavy (non-hydrogen) atoms. The normalized spacial score (nSPS) is 10.6. The number of hydrogen-bond donors (Lipinski definition) is 2. The number of nitrogens with one attached hydrogen (secondary N) is 1. The average molecular weight is 274 g/mol. The van der Waals surface area contributed by atoms with Crippen molar-refractivity contribution in [2.45, 2.75) is 45.6 Å². The molecule has 0 aliphatic rings. The molecule has 4 nitrogen and oxygen atoms in total. The minimum atomic E-state index is -0.199. The highest BCUT2D eigenvalue weighted by Gasteiger charge is 2.22. The quantitative estimate of drug-likeness (QED) is 0.808. The third-order valence-corrected chi connectivity index (χ3v) is 3.45. The molecule has 0 fully saturated rings. The zero-order valence-corrected chi connectivity index (χ0v) is 12.4. The summed E-state index contributed by atoms with van der Waals surface area (Å²) in [5.74, 6) is 5.57. The Hall–Kier alpha value is -1.86. The van der Waals surface area contributed by atoms with Crippen LogP contribution in [0.25, 0.3) is 0 Å². The summed E-state index contributed by atoms with van der Waals surface area (Å²) >= 11 is 0. The molecule has 1 heterocycles. The Kier molecular flexibility index (Phi) is 6.20. The van der Waals surface area contributed by atoms with E-state index in [0.29, 0.717) is 17.5 Å². The number of nitrogens with zero attached hydrogens (tertiary/aromatic N) is 1. The lowest BCUT2D eigenvalue weighted by Crippen LogP contribution is -2.45. The highest BCUT2D eigenvalue weighted by atomic mass is 16.2. The summed E-state index contributed by atoms with van der Waals surface area (Å²) in [6.07, 6.45) is 5.32. The second-order valence-electron chi connectivity index (χ2n) is 4.96. The molecular formula is C16H22N2O2. The van der Waals surface area contributed by atoms with Gasteiger partial charge in [-0.15, -0.1) is 0 Å². The largest absolute Gasteiger partial charge is 0.395 e. The molecule has 0 aliphatic carbocycles. The number of rotatable bonds is 5. The van der Waals surface area contributed by atoms with Crippen LogP contribution in [-0.4, -0.2) is 28.1 Å². The SMILES string of the molecule is CCC(C)(CC)NC(=O)c1cncc(C#CCCO)c1. The summed E-state index contributed by atoms with van der Waals surface area (Å²) in [5.41, 5.74) is 0.991. The fraction of sp³-hybridized carbons (Fsp3) is 0.500. The molecule has 0 unspecified atom stereocenters. The van der Waals surface area contributed by atoms with Crippen LogP contribution >= 0.6 is 0 Å². The average Bonchev–Trinajstić information content (AvgIpc) is 2.47. The van der Waals surface area contributed by atoms with Crippen molar-refractivity contribution in [3.8, 4) is 11.8 Å². The van der Waals surface area contributed by atoms with Crippen LogP contribution in [0.3, 0.4) is 0 Å². The van der Waals surface area contributed by atoms with Crippen LogP contribution in [-0.2, 0) is 0 Å². The summed E-state index contributed by atoms with van der Waals surface area (Å²) in [7, 11) is 0. The summed E-state index contributed by atoms with van der Waals surface area (Å²) in [6, 6.07) is 1.72. The monoisotopic (exact) mass is 274 g/mol.